The number of aldehydes is 1. The Hall–Kier alpha value is -2.10. The fourth-order valence-electron chi connectivity index (χ4n) is 1.42. The Bertz CT molecular complexity index is 465. The average Bonchev–Trinajstić information content (AvgIpc) is 2.79. The van der Waals surface area contributed by atoms with Gasteiger partial charge >= 0.3 is 0 Å². The Morgan fingerprint density at radius 1 is 1.38 bits per heavy atom. The van der Waals surface area contributed by atoms with Crippen molar-refractivity contribution in [3.05, 3.63) is 48.0 Å². The van der Waals surface area contributed by atoms with Crippen molar-refractivity contribution in [2.75, 3.05) is 11.9 Å². The third-order valence-electron chi connectivity index (χ3n) is 2.23. The third-order valence-corrected chi connectivity index (χ3v) is 2.23. The van der Waals surface area contributed by atoms with Gasteiger partial charge in [0.1, 0.15) is 0 Å². The molecule has 0 N–H and O–H groups in total. The van der Waals surface area contributed by atoms with Gasteiger partial charge in [0.2, 0.25) is 0 Å². The van der Waals surface area contributed by atoms with E-state index in [4.69, 9.17) is 4.42 Å². The first-order valence-electron chi connectivity index (χ1n) is 4.95. The van der Waals surface area contributed by atoms with Crippen LogP contribution in [-0.2, 0) is 6.54 Å². The molecule has 0 aliphatic heterocycles. The Morgan fingerprint density at radius 3 is 2.88 bits per heavy atom. The number of anilines is 1. The molecule has 16 heavy (non-hydrogen) atoms. The van der Waals surface area contributed by atoms with E-state index in [1.54, 1.807) is 18.3 Å². The fraction of sp³-hybridized carbons (Fsp3) is 0.167. The number of hydrogen-bond donors (Lipinski definition) is 0. The van der Waals surface area contributed by atoms with E-state index in [-0.39, 0.29) is 0 Å². The number of carbonyl (C=O) groups excluding carboxylic acids is 1. The summed E-state index contributed by atoms with van der Waals surface area (Å²) in [5, 5.41) is 0. The predicted octanol–water partition coefficient (Wildman–Crippen LogP) is 2.12. The first-order chi connectivity index (χ1) is 7.79. The van der Waals surface area contributed by atoms with Crippen LogP contribution in [0, 0.1) is 0 Å². The van der Waals surface area contributed by atoms with Gasteiger partial charge in [-0.05, 0) is 18.2 Å². The summed E-state index contributed by atoms with van der Waals surface area (Å²) in [6.07, 6.45) is 2.44. The van der Waals surface area contributed by atoms with Crippen LogP contribution < -0.4 is 4.90 Å². The van der Waals surface area contributed by atoms with Gasteiger partial charge in [-0.25, -0.2) is 0 Å². The maximum absolute atomic E-state index is 10.5. The third kappa shape index (κ3) is 2.28. The maximum atomic E-state index is 10.5. The number of pyridine rings is 1. The molecule has 2 rings (SSSR count). The summed E-state index contributed by atoms with van der Waals surface area (Å²) in [6, 6.07) is 9.18. The van der Waals surface area contributed by atoms with E-state index in [1.165, 1.54) is 0 Å². The molecule has 82 valence electrons. The van der Waals surface area contributed by atoms with Crippen molar-refractivity contribution in [2.24, 2.45) is 0 Å². The van der Waals surface area contributed by atoms with Crippen molar-refractivity contribution in [1.29, 1.82) is 0 Å². The van der Waals surface area contributed by atoms with Crippen LogP contribution in [0.15, 0.2) is 40.9 Å². The molecule has 0 unspecified atom stereocenters. The highest BCUT2D eigenvalue weighted by Gasteiger charge is 2.07. The van der Waals surface area contributed by atoms with E-state index in [2.05, 4.69) is 4.98 Å². The SMILES string of the molecule is CN(Cc1ccccn1)c1ccc(C=O)o1. The molecule has 4 nitrogen and oxygen atoms in total. The summed E-state index contributed by atoms with van der Waals surface area (Å²) < 4.78 is 5.30. The quantitative estimate of drug-likeness (QED) is 0.734. The minimum absolute atomic E-state index is 0.336. The molecule has 2 aromatic rings. The van der Waals surface area contributed by atoms with Crippen LogP contribution in [0.25, 0.3) is 0 Å². The zero-order valence-corrected chi connectivity index (χ0v) is 8.96. The van der Waals surface area contributed by atoms with Gasteiger partial charge in [-0.15, -0.1) is 0 Å². The maximum Gasteiger partial charge on any atom is 0.196 e. The molecule has 0 aromatic carbocycles. The molecule has 0 saturated heterocycles. The summed E-state index contributed by atoms with van der Waals surface area (Å²) in [4.78, 5) is 16.6. The van der Waals surface area contributed by atoms with Gasteiger partial charge in [0.25, 0.3) is 0 Å². The number of hydrogen-bond acceptors (Lipinski definition) is 4. The zero-order valence-electron chi connectivity index (χ0n) is 8.96. The van der Waals surface area contributed by atoms with Gasteiger partial charge in [0, 0.05) is 19.3 Å². The van der Waals surface area contributed by atoms with Gasteiger partial charge in [0.15, 0.2) is 17.9 Å². The standard InChI is InChI=1S/C12H12N2O2/c1-14(8-10-4-2-3-7-13-10)12-6-5-11(9-15)16-12/h2-7,9H,8H2,1H3. The van der Waals surface area contributed by atoms with Crippen molar-refractivity contribution in [1.82, 2.24) is 4.98 Å². The summed E-state index contributed by atoms with van der Waals surface area (Å²) in [5.41, 5.74) is 0.953. The largest absolute Gasteiger partial charge is 0.438 e. The van der Waals surface area contributed by atoms with Gasteiger partial charge in [-0.1, -0.05) is 6.07 Å². The fourth-order valence-corrected chi connectivity index (χ4v) is 1.42. The summed E-state index contributed by atoms with van der Waals surface area (Å²) in [6.45, 7) is 0.645. The monoisotopic (exact) mass is 216 g/mol. The van der Waals surface area contributed by atoms with Crippen LogP contribution in [0.3, 0.4) is 0 Å². The number of aromatic nitrogens is 1. The summed E-state index contributed by atoms with van der Waals surface area (Å²) >= 11 is 0. The molecule has 2 heterocycles. The van der Waals surface area contributed by atoms with Crippen molar-refractivity contribution < 1.29 is 9.21 Å². The summed E-state index contributed by atoms with van der Waals surface area (Å²) in [5.74, 6) is 0.996. The topological polar surface area (TPSA) is 46.3 Å². The van der Waals surface area contributed by atoms with Crippen LogP contribution in [0.1, 0.15) is 16.2 Å². The molecular formula is C12H12N2O2. The van der Waals surface area contributed by atoms with Crippen LogP contribution in [0.4, 0.5) is 5.88 Å². The molecule has 4 heteroatoms. The van der Waals surface area contributed by atoms with Crippen molar-refractivity contribution in [3.8, 4) is 0 Å². The first kappa shape index (κ1) is 10.4. The average molecular weight is 216 g/mol. The first-order valence-corrected chi connectivity index (χ1v) is 4.95. The van der Waals surface area contributed by atoms with E-state index in [0.29, 0.717) is 24.5 Å². The van der Waals surface area contributed by atoms with Gasteiger partial charge in [-0.3, -0.25) is 9.78 Å². The van der Waals surface area contributed by atoms with Gasteiger partial charge in [-0.2, -0.15) is 0 Å². The van der Waals surface area contributed by atoms with E-state index >= 15 is 0 Å². The molecule has 0 atom stereocenters. The van der Waals surface area contributed by atoms with E-state index in [1.807, 2.05) is 30.1 Å². The molecule has 0 spiro atoms. The molecular weight excluding hydrogens is 204 g/mol. The minimum Gasteiger partial charge on any atom is -0.438 e. The lowest BCUT2D eigenvalue weighted by Gasteiger charge is -2.14. The second-order valence-corrected chi connectivity index (χ2v) is 3.47. The highest BCUT2D eigenvalue weighted by Crippen LogP contribution is 2.17. The Kier molecular flexibility index (Phi) is 3.00. The molecule has 0 amide bonds. The molecule has 0 saturated carbocycles. The van der Waals surface area contributed by atoms with E-state index in [0.717, 1.165) is 5.69 Å². The second kappa shape index (κ2) is 4.61. The van der Waals surface area contributed by atoms with E-state index < -0.39 is 0 Å². The van der Waals surface area contributed by atoms with Crippen molar-refractivity contribution in [2.45, 2.75) is 6.54 Å². The molecule has 2 aromatic heterocycles. The zero-order chi connectivity index (χ0) is 11.4. The number of carbonyl (C=O) groups is 1. The lowest BCUT2D eigenvalue weighted by atomic mass is 10.3. The van der Waals surface area contributed by atoms with E-state index in [9.17, 15) is 4.79 Å². The van der Waals surface area contributed by atoms with Crippen LogP contribution in [0.5, 0.6) is 0 Å². The minimum atomic E-state index is 0.336. The highest BCUT2D eigenvalue weighted by atomic mass is 16.4. The lowest BCUT2D eigenvalue weighted by molar-refractivity contribution is 0.110. The number of nitrogens with zero attached hydrogens (tertiary/aromatic N) is 2. The van der Waals surface area contributed by atoms with Gasteiger partial charge in [0.05, 0.1) is 12.2 Å². The molecule has 0 bridgehead atoms. The second-order valence-electron chi connectivity index (χ2n) is 3.47. The highest BCUT2D eigenvalue weighted by molar-refractivity contribution is 5.71. The molecule has 0 aliphatic carbocycles. The Morgan fingerprint density at radius 2 is 2.25 bits per heavy atom. The normalized spacial score (nSPS) is 10.1. The molecule has 0 aliphatic rings. The van der Waals surface area contributed by atoms with Crippen LogP contribution in [0.2, 0.25) is 0 Å². The Labute approximate surface area is 93.5 Å². The van der Waals surface area contributed by atoms with Crippen molar-refractivity contribution in [3.63, 3.8) is 0 Å². The van der Waals surface area contributed by atoms with Crippen LogP contribution in [-0.4, -0.2) is 18.3 Å². The predicted molar refractivity (Wildman–Crippen MR) is 60.4 cm³/mol. The number of furan rings is 1. The van der Waals surface area contributed by atoms with Crippen LogP contribution >= 0.6 is 0 Å². The van der Waals surface area contributed by atoms with Crippen molar-refractivity contribution >= 4 is 12.2 Å². The van der Waals surface area contributed by atoms with Gasteiger partial charge < -0.3 is 9.32 Å². The molecule has 0 radical (unpaired) electrons. The molecule has 0 fully saturated rings. The summed E-state index contributed by atoms with van der Waals surface area (Å²) in [7, 11) is 1.89. The lowest BCUT2D eigenvalue weighted by Crippen LogP contribution is -2.16. The number of rotatable bonds is 4. The Balaban J connectivity index is 2.08. The smallest absolute Gasteiger partial charge is 0.196 e.